The van der Waals surface area contributed by atoms with Gasteiger partial charge in [0.25, 0.3) is 5.91 Å². The van der Waals surface area contributed by atoms with Gasteiger partial charge in [-0.2, -0.15) is 0 Å². The number of hydrogen-bond acceptors (Lipinski definition) is 4. The normalized spacial score (nSPS) is 10.4. The summed E-state index contributed by atoms with van der Waals surface area (Å²) in [6.07, 6.45) is 2.09. The van der Waals surface area contributed by atoms with Crippen molar-refractivity contribution in [1.29, 1.82) is 0 Å². The maximum Gasteiger partial charge on any atom is 0.251 e. The fourth-order valence-electron chi connectivity index (χ4n) is 2.50. The third kappa shape index (κ3) is 7.31. The van der Waals surface area contributed by atoms with Gasteiger partial charge in [-0.15, -0.1) is 0 Å². The molecule has 2 rings (SSSR count). The average molecular weight is 383 g/mol. The van der Waals surface area contributed by atoms with Crippen molar-refractivity contribution < 1.29 is 14.3 Å². The van der Waals surface area contributed by atoms with Gasteiger partial charge in [0.2, 0.25) is 5.91 Å². The van der Waals surface area contributed by atoms with Crippen LogP contribution in [0, 0.1) is 0 Å². The molecule has 0 aromatic heterocycles. The van der Waals surface area contributed by atoms with Gasteiger partial charge < -0.3 is 20.7 Å². The topological polar surface area (TPSA) is 79.5 Å². The molecule has 0 saturated heterocycles. The van der Waals surface area contributed by atoms with Crippen LogP contribution in [0.15, 0.2) is 48.5 Å². The molecule has 2 aromatic rings. The Hall–Kier alpha value is -3.02. The highest BCUT2D eigenvalue weighted by molar-refractivity contribution is 5.98. The number of ether oxygens (including phenoxy) is 1. The number of rotatable bonds is 10. The second kappa shape index (κ2) is 11.0. The van der Waals surface area contributed by atoms with Crippen LogP contribution >= 0.6 is 0 Å². The molecule has 0 aliphatic carbocycles. The molecule has 2 amide bonds. The highest BCUT2D eigenvalue weighted by atomic mass is 16.5. The molecule has 150 valence electrons. The Bertz CT molecular complexity index is 790. The number of nitrogens with one attached hydrogen (secondary N) is 3. The van der Waals surface area contributed by atoms with Crippen molar-refractivity contribution in [3.8, 4) is 5.75 Å². The van der Waals surface area contributed by atoms with E-state index >= 15 is 0 Å². The van der Waals surface area contributed by atoms with E-state index in [0.717, 1.165) is 24.3 Å². The first kappa shape index (κ1) is 21.3. The molecule has 0 unspecified atom stereocenters. The maximum absolute atomic E-state index is 12.2. The molecule has 0 spiro atoms. The van der Waals surface area contributed by atoms with Gasteiger partial charge in [-0.3, -0.25) is 9.59 Å². The summed E-state index contributed by atoms with van der Waals surface area (Å²) in [5.74, 6) is 0.422. The Morgan fingerprint density at radius 2 is 1.79 bits per heavy atom. The van der Waals surface area contributed by atoms with Gasteiger partial charge >= 0.3 is 0 Å². The minimum absolute atomic E-state index is 0.0525. The van der Waals surface area contributed by atoms with Crippen LogP contribution in [0.1, 0.15) is 44.0 Å². The van der Waals surface area contributed by atoms with E-state index in [1.807, 2.05) is 38.1 Å². The molecule has 0 aliphatic rings. The monoisotopic (exact) mass is 383 g/mol. The third-order valence-corrected chi connectivity index (χ3v) is 3.88. The molecule has 0 aliphatic heterocycles. The summed E-state index contributed by atoms with van der Waals surface area (Å²) in [4.78, 5) is 24.3. The molecule has 2 aromatic carbocycles. The molecule has 0 radical (unpaired) electrons. The fourth-order valence-corrected chi connectivity index (χ4v) is 2.50. The summed E-state index contributed by atoms with van der Waals surface area (Å²) >= 11 is 0. The van der Waals surface area contributed by atoms with Crippen molar-refractivity contribution in [2.24, 2.45) is 0 Å². The molecule has 28 heavy (non-hydrogen) atoms. The quantitative estimate of drug-likeness (QED) is 0.541. The van der Waals surface area contributed by atoms with Gasteiger partial charge in [0.1, 0.15) is 5.75 Å². The highest BCUT2D eigenvalue weighted by Gasteiger charge is 2.09. The number of benzene rings is 2. The van der Waals surface area contributed by atoms with E-state index in [9.17, 15) is 9.59 Å². The lowest BCUT2D eigenvalue weighted by atomic mass is 10.1. The van der Waals surface area contributed by atoms with Gasteiger partial charge in [0.15, 0.2) is 0 Å². The van der Waals surface area contributed by atoms with E-state index < -0.39 is 0 Å². The van der Waals surface area contributed by atoms with E-state index in [0.29, 0.717) is 17.9 Å². The van der Waals surface area contributed by atoms with E-state index in [1.54, 1.807) is 24.3 Å². The number of amides is 2. The fraction of sp³-hybridized carbons (Fsp3) is 0.364. The van der Waals surface area contributed by atoms with E-state index in [1.165, 1.54) is 0 Å². The van der Waals surface area contributed by atoms with Crippen molar-refractivity contribution in [1.82, 2.24) is 5.32 Å². The molecular weight excluding hydrogens is 354 g/mol. The predicted octanol–water partition coefficient (Wildman–Crippen LogP) is 4.05. The van der Waals surface area contributed by atoms with Crippen LogP contribution in [0.4, 0.5) is 11.4 Å². The smallest absolute Gasteiger partial charge is 0.251 e. The number of carbonyl (C=O) groups excluding carboxylic acids is 2. The first-order valence-corrected chi connectivity index (χ1v) is 9.65. The predicted molar refractivity (Wildman–Crippen MR) is 113 cm³/mol. The molecule has 0 atom stereocenters. The van der Waals surface area contributed by atoms with Gasteiger partial charge in [-0.05, 0) is 50.6 Å². The summed E-state index contributed by atoms with van der Waals surface area (Å²) in [7, 11) is 0. The summed E-state index contributed by atoms with van der Waals surface area (Å²) in [6, 6.07) is 14.5. The number of carbonyl (C=O) groups is 2. The second-order valence-electron chi connectivity index (χ2n) is 6.84. The summed E-state index contributed by atoms with van der Waals surface area (Å²) in [5, 5.41) is 8.73. The Morgan fingerprint density at radius 1 is 1.04 bits per heavy atom. The molecule has 3 N–H and O–H groups in total. The Morgan fingerprint density at radius 3 is 2.54 bits per heavy atom. The lowest BCUT2D eigenvalue weighted by molar-refractivity contribution is -0.114. The lowest BCUT2D eigenvalue weighted by Gasteiger charge is -2.11. The molecule has 6 nitrogen and oxygen atoms in total. The molecule has 0 fully saturated rings. The van der Waals surface area contributed by atoms with Crippen LogP contribution in [0.5, 0.6) is 5.75 Å². The minimum atomic E-state index is -0.196. The zero-order valence-electron chi connectivity index (χ0n) is 16.7. The maximum atomic E-state index is 12.2. The van der Waals surface area contributed by atoms with Gasteiger partial charge in [0, 0.05) is 29.0 Å². The van der Waals surface area contributed by atoms with Gasteiger partial charge in [-0.1, -0.05) is 25.5 Å². The summed E-state index contributed by atoms with van der Waals surface area (Å²) in [6.45, 7) is 6.71. The first-order chi connectivity index (χ1) is 13.5. The Kier molecular flexibility index (Phi) is 8.34. The van der Waals surface area contributed by atoms with Crippen LogP contribution in [-0.4, -0.2) is 31.0 Å². The second-order valence-corrected chi connectivity index (χ2v) is 6.84. The Balaban J connectivity index is 1.87. The van der Waals surface area contributed by atoms with Crippen molar-refractivity contribution in [3.63, 3.8) is 0 Å². The minimum Gasteiger partial charge on any atom is -0.494 e. The number of hydrogen-bond donors (Lipinski definition) is 3. The van der Waals surface area contributed by atoms with E-state index in [2.05, 4.69) is 22.9 Å². The van der Waals surface area contributed by atoms with Crippen molar-refractivity contribution >= 4 is 23.2 Å². The van der Waals surface area contributed by atoms with Crippen LogP contribution in [0.3, 0.4) is 0 Å². The summed E-state index contributed by atoms with van der Waals surface area (Å²) < 4.78 is 5.67. The molecule has 0 heterocycles. The molecule has 0 bridgehead atoms. The zero-order chi connectivity index (χ0) is 20.4. The van der Waals surface area contributed by atoms with Crippen LogP contribution in [0.25, 0.3) is 0 Å². The van der Waals surface area contributed by atoms with Crippen LogP contribution in [0.2, 0.25) is 0 Å². The van der Waals surface area contributed by atoms with Gasteiger partial charge in [-0.25, -0.2) is 0 Å². The first-order valence-electron chi connectivity index (χ1n) is 9.65. The van der Waals surface area contributed by atoms with Crippen molar-refractivity contribution in [3.05, 3.63) is 54.1 Å². The standard InChI is InChI=1S/C22H29N3O3/c1-4-5-12-28-20-11-7-9-18(14-20)23-15-21(26)25-19-10-6-8-17(13-19)22(27)24-16(2)3/h6-11,13-14,16,23H,4-5,12,15H2,1-3H3,(H,24,27)(H,25,26). The molecular formula is C22H29N3O3. The van der Waals surface area contributed by atoms with E-state index in [-0.39, 0.29) is 24.4 Å². The van der Waals surface area contributed by atoms with Crippen LogP contribution < -0.4 is 20.7 Å². The Labute approximate surface area is 166 Å². The third-order valence-electron chi connectivity index (χ3n) is 3.88. The lowest BCUT2D eigenvalue weighted by Crippen LogP contribution is -2.30. The number of anilines is 2. The van der Waals surface area contributed by atoms with Crippen molar-refractivity contribution in [2.75, 3.05) is 23.8 Å². The van der Waals surface area contributed by atoms with Crippen molar-refractivity contribution in [2.45, 2.75) is 39.7 Å². The average Bonchev–Trinajstić information content (AvgIpc) is 2.67. The number of unbranched alkanes of at least 4 members (excludes halogenated alkanes) is 1. The van der Waals surface area contributed by atoms with E-state index in [4.69, 9.17) is 4.74 Å². The van der Waals surface area contributed by atoms with Crippen LogP contribution in [-0.2, 0) is 4.79 Å². The summed E-state index contributed by atoms with van der Waals surface area (Å²) in [5.41, 5.74) is 1.91. The largest absolute Gasteiger partial charge is 0.494 e. The molecule has 6 heteroatoms. The SMILES string of the molecule is CCCCOc1cccc(NCC(=O)Nc2cccc(C(=O)NC(C)C)c2)c1. The molecule has 0 saturated carbocycles. The zero-order valence-corrected chi connectivity index (χ0v) is 16.7. The highest BCUT2D eigenvalue weighted by Crippen LogP contribution is 2.17. The van der Waals surface area contributed by atoms with Gasteiger partial charge in [0.05, 0.1) is 13.2 Å².